The SMILES string of the molecule is C=CCC[C@H](N)c1ccc(C)cc1Br.Cl. The molecule has 1 nitrogen and oxygen atoms in total. The lowest BCUT2D eigenvalue weighted by atomic mass is 10.0. The lowest BCUT2D eigenvalue weighted by molar-refractivity contribution is 0.658. The molecular formula is C12H17BrClN. The van der Waals surface area contributed by atoms with Gasteiger partial charge in [-0.3, -0.25) is 0 Å². The fraction of sp³-hybridized carbons (Fsp3) is 0.333. The van der Waals surface area contributed by atoms with Crippen molar-refractivity contribution in [2.75, 3.05) is 0 Å². The van der Waals surface area contributed by atoms with Crippen LogP contribution < -0.4 is 5.73 Å². The third-order valence-corrected chi connectivity index (χ3v) is 2.92. The van der Waals surface area contributed by atoms with Crippen LogP contribution in [0.25, 0.3) is 0 Å². The van der Waals surface area contributed by atoms with Gasteiger partial charge in [-0.25, -0.2) is 0 Å². The number of allylic oxidation sites excluding steroid dienone is 1. The van der Waals surface area contributed by atoms with Gasteiger partial charge in [-0.1, -0.05) is 34.1 Å². The van der Waals surface area contributed by atoms with Gasteiger partial charge >= 0.3 is 0 Å². The summed E-state index contributed by atoms with van der Waals surface area (Å²) in [7, 11) is 0. The van der Waals surface area contributed by atoms with Gasteiger partial charge in [0.1, 0.15) is 0 Å². The Bertz CT molecular complexity index is 325. The molecule has 1 aromatic carbocycles. The summed E-state index contributed by atoms with van der Waals surface area (Å²) in [5, 5.41) is 0. The van der Waals surface area contributed by atoms with Crippen LogP contribution in [-0.2, 0) is 0 Å². The van der Waals surface area contributed by atoms with E-state index in [1.165, 1.54) is 11.1 Å². The Kier molecular flexibility index (Phi) is 6.90. The van der Waals surface area contributed by atoms with Gasteiger partial charge in [0.25, 0.3) is 0 Å². The maximum absolute atomic E-state index is 6.05. The van der Waals surface area contributed by atoms with Crippen LogP contribution in [0, 0.1) is 6.92 Å². The molecule has 0 fully saturated rings. The van der Waals surface area contributed by atoms with E-state index in [0.29, 0.717) is 0 Å². The van der Waals surface area contributed by atoms with Crippen LogP contribution in [0.15, 0.2) is 35.3 Å². The average molecular weight is 291 g/mol. The van der Waals surface area contributed by atoms with Gasteiger partial charge in [0, 0.05) is 10.5 Å². The first-order chi connectivity index (χ1) is 6.65. The van der Waals surface area contributed by atoms with Crippen LogP contribution in [-0.4, -0.2) is 0 Å². The minimum Gasteiger partial charge on any atom is -0.324 e. The molecule has 3 heteroatoms. The number of rotatable bonds is 4. The smallest absolute Gasteiger partial charge is 0.0309 e. The van der Waals surface area contributed by atoms with Gasteiger partial charge in [-0.15, -0.1) is 19.0 Å². The summed E-state index contributed by atoms with van der Waals surface area (Å²) in [5.74, 6) is 0. The van der Waals surface area contributed by atoms with E-state index < -0.39 is 0 Å². The largest absolute Gasteiger partial charge is 0.324 e. The summed E-state index contributed by atoms with van der Waals surface area (Å²) in [6.45, 7) is 5.77. The Labute approximate surface area is 106 Å². The van der Waals surface area contributed by atoms with Gasteiger partial charge in [0.05, 0.1) is 0 Å². The van der Waals surface area contributed by atoms with Crippen molar-refractivity contribution in [1.82, 2.24) is 0 Å². The number of nitrogens with two attached hydrogens (primary N) is 1. The molecule has 1 atom stereocenters. The van der Waals surface area contributed by atoms with Crippen LogP contribution >= 0.6 is 28.3 Å². The van der Waals surface area contributed by atoms with Gasteiger partial charge < -0.3 is 5.73 Å². The van der Waals surface area contributed by atoms with Crippen molar-refractivity contribution < 1.29 is 0 Å². The molecule has 84 valence electrons. The second-order valence-electron chi connectivity index (χ2n) is 3.50. The van der Waals surface area contributed by atoms with E-state index in [4.69, 9.17) is 5.73 Å². The first kappa shape index (κ1) is 14.7. The molecule has 0 aromatic heterocycles. The van der Waals surface area contributed by atoms with E-state index in [0.717, 1.165) is 17.3 Å². The number of hydrogen-bond acceptors (Lipinski definition) is 1. The Morgan fingerprint density at radius 1 is 1.53 bits per heavy atom. The zero-order valence-electron chi connectivity index (χ0n) is 8.87. The highest BCUT2D eigenvalue weighted by Gasteiger charge is 2.08. The molecule has 0 saturated heterocycles. The van der Waals surface area contributed by atoms with Gasteiger partial charge in [0.2, 0.25) is 0 Å². The van der Waals surface area contributed by atoms with Crippen LogP contribution in [0.4, 0.5) is 0 Å². The summed E-state index contributed by atoms with van der Waals surface area (Å²) >= 11 is 3.53. The number of benzene rings is 1. The molecule has 0 aliphatic rings. The van der Waals surface area contributed by atoms with Crippen LogP contribution in [0.2, 0.25) is 0 Å². The number of hydrogen-bond donors (Lipinski definition) is 1. The molecule has 1 rings (SSSR count). The molecule has 0 spiro atoms. The lowest BCUT2D eigenvalue weighted by Crippen LogP contribution is -2.10. The second kappa shape index (κ2) is 7.04. The maximum atomic E-state index is 6.05. The van der Waals surface area contributed by atoms with E-state index >= 15 is 0 Å². The molecular weight excluding hydrogens is 273 g/mol. The highest BCUT2D eigenvalue weighted by Crippen LogP contribution is 2.25. The van der Waals surface area contributed by atoms with Crippen molar-refractivity contribution >= 4 is 28.3 Å². The third-order valence-electron chi connectivity index (χ3n) is 2.24. The number of halogens is 2. The van der Waals surface area contributed by atoms with E-state index in [-0.39, 0.29) is 18.4 Å². The Balaban J connectivity index is 0.00000196. The topological polar surface area (TPSA) is 26.0 Å². The van der Waals surface area contributed by atoms with E-state index in [9.17, 15) is 0 Å². The molecule has 0 amide bonds. The molecule has 15 heavy (non-hydrogen) atoms. The van der Waals surface area contributed by atoms with Gasteiger partial charge in [-0.2, -0.15) is 0 Å². The quantitative estimate of drug-likeness (QED) is 0.829. The van der Waals surface area contributed by atoms with Crippen molar-refractivity contribution in [1.29, 1.82) is 0 Å². The normalized spacial score (nSPS) is 11.7. The minimum atomic E-state index is 0. The monoisotopic (exact) mass is 289 g/mol. The minimum absolute atomic E-state index is 0. The van der Waals surface area contributed by atoms with Crippen molar-refractivity contribution in [3.8, 4) is 0 Å². The molecule has 1 aromatic rings. The lowest BCUT2D eigenvalue weighted by Gasteiger charge is -2.13. The van der Waals surface area contributed by atoms with Crippen molar-refractivity contribution in [3.05, 3.63) is 46.5 Å². The third kappa shape index (κ3) is 4.37. The summed E-state index contributed by atoms with van der Waals surface area (Å²) in [4.78, 5) is 0. The zero-order valence-corrected chi connectivity index (χ0v) is 11.3. The first-order valence-electron chi connectivity index (χ1n) is 4.77. The molecule has 0 aliphatic carbocycles. The fourth-order valence-electron chi connectivity index (χ4n) is 1.39. The van der Waals surface area contributed by atoms with Crippen molar-refractivity contribution in [3.63, 3.8) is 0 Å². The molecule has 0 heterocycles. The molecule has 0 radical (unpaired) electrons. The predicted molar refractivity (Wildman–Crippen MR) is 72.5 cm³/mol. The fourth-order valence-corrected chi connectivity index (χ4v) is 2.17. The molecule has 2 N–H and O–H groups in total. The Morgan fingerprint density at radius 3 is 2.73 bits per heavy atom. The highest BCUT2D eigenvalue weighted by atomic mass is 79.9. The summed E-state index contributed by atoms with van der Waals surface area (Å²) in [6, 6.07) is 6.38. The Hall–Kier alpha value is -0.310. The number of aryl methyl sites for hydroxylation is 1. The van der Waals surface area contributed by atoms with Gasteiger partial charge in [-0.05, 0) is 37.0 Å². The summed E-state index contributed by atoms with van der Waals surface area (Å²) < 4.78 is 1.11. The van der Waals surface area contributed by atoms with E-state index in [1.54, 1.807) is 0 Å². The Morgan fingerprint density at radius 2 is 2.20 bits per heavy atom. The van der Waals surface area contributed by atoms with Gasteiger partial charge in [0.15, 0.2) is 0 Å². The predicted octanol–water partition coefficient (Wildman–Crippen LogP) is 4.15. The van der Waals surface area contributed by atoms with Crippen LogP contribution in [0.3, 0.4) is 0 Å². The van der Waals surface area contributed by atoms with Crippen molar-refractivity contribution in [2.45, 2.75) is 25.8 Å². The molecule has 0 saturated carbocycles. The second-order valence-corrected chi connectivity index (χ2v) is 4.35. The molecule has 0 aliphatic heterocycles. The highest BCUT2D eigenvalue weighted by molar-refractivity contribution is 9.10. The maximum Gasteiger partial charge on any atom is 0.0309 e. The van der Waals surface area contributed by atoms with Crippen LogP contribution in [0.5, 0.6) is 0 Å². The standard InChI is InChI=1S/C12H16BrN.ClH/c1-3-4-5-12(14)10-7-6-9(2)8-11(10)13;/h3,6-8,12H,1,4-5,14H2,2H3;1H/t12-;/m0./s1. The molecule has 0 unspecified atom stereocenters. The summed E-state index contributed by atoms with van der Waals surface area (Å²) in [6.07, 6.45) is 3.81. The summed E-state index contributed by atoms with van der Waals surface area (Å²) in [5.41, 5.74) is 8.48. The van der Waals surface area contributed by atoms with E-state index in [1.807, 2.05) is 6.08 Å². The van der Waals surface area contributed by atoms with E-state index in [2.05, 4.69) is 47.6 Å². The molecule has 0 bridgehead atoms. The van der Waals surface area contributed by atoms with Crippen molar-refractivity contribution in [2.24, 2.45) is 5.73 Å². The van der Waals surface area contributed by atoms with Crippen LogP contribution in [0.1, 0.15) is 30.0 Å². The zero-order chi connectivity index (χ0) is 10.6. The average Bonchev–Trinajstić information content (AvgIpc) is 2.14. The first-order valence-corrected chi connectivity index (χ1v) is 5.57.